The Hall–Kier alpha value is -2.44. The zero-order chi connectivity index (χ0) is 16.7. The molecule has 1 amide bonds. The number of aliphatic hydroxyl groups is 1. The van der Waals surface area contributed by atoms with Crippen LogP contribution in [0.2, 0.25) is 0 Å². The minimum Gasteiger partial charge on any atom is -0.497 e. The maximum absolute atomic E-state index is 12.0. The Morgan fingerprint density at radius 1 is 1.17 bits per heavy atom. The number of ether oxygens (including phenoxy) is 1. The van der Waals surface area contributed by atoms with E-state index in [1.165, 1.54) is 0 Å². The van der Waals surface area contributed by atoms with Crippen LogP contribution in [0.4, 0.5) is 5.69 Å². The number of thiocarbonyl (C=S) groups is 1. The van der Waals surface area contributed by atoms with Crippen LogP contribution in [0.15, 0.2) is 48.5 Å². The van der Waals surface area contributed by atoms with Gasteiger partial charge in [-0.2, -0.15) is 0 Å². The molecule has 2 aromatic rings. The normalized spacial score (nSPS) is 10.0. The second-order valence-corrected chi connectivity index (χ2v) is 5.29. The molecule has 0 aliphatic rings. The highest BCUT2D eigenvalue weighted by molar-refractivity contribution is 7.80. The molecule has 0 fully saturated rings. The zero-order valence-corrected chi connectivity index (χ0v) is 13.5. The lowest BCUT2D eigenvalue weighted by Gasteiger charge is -2.10. The number of methoxy groups -OCH3 is 1. The Balaban J connectivity index is 1.87. The molecule has 2 rings (SSSR count). The molecule has 0 saturated heterocycles. The standard InChI is InChI=1S/C17H18N2O3S/c1-22-15-7-5-12(6-8-15)10-16(21)19-17(23)18-14-4-2-3-13(9-14)11-20/h2-9,20H,10-11H2,1H3,(H2,18,19,21,23). The first-order valence-corrected chi connectivity index (χ1v) is 7.45. The van der Waals surface area contributed by atoms with Crippen molar-refractivity contribution in [1.82, 2.24) is 5.32 Å². The first kappa shape index (κ1) is 16.9. The van der Waals surface area contributed by atoms with E-state index in [0.717, 1.165) is 16.9 Å². The number of hydrogen-bond acceptors (Lipinski definition) is 4. The number of hydrogen-bond donors (Lipinski definition) is 3. The van der Waals surface area contributed by atoms with Crippen LogP contribution in [0.5, 0.6) is 5.75 Å². The van der Waals surface area contributed by atoms with Gasteiger partial charge in [0.1, 0.15) is 5.75 Å². The van der Waals surface area contributed by atoms with E-state index in [4.69, 9.17) is 22.1 Å². The largest absolute Gasteiger partial charge is 0.497 e. The smallest absolute Gasteiger partial charge is 0.230 e. The lowest BCUT2D eigenvalue weighted by molar-refractivity contribution is -0.119. The highest BCUT2D eigenvalue weighted by Crippen LogP contribution is 2.12. The highest BCUT2D eigenvalue weighted by Gasteiger charge is 2.07. The molecular weight excluding hydrogens is 312 g/mol. The quantitative estimate of drug-likeness (QED) is 0.734. The van der Waals surface area contributed by atoms with Gasteiger partial charge in [0, 0.05) is 5.69 Å². The second-order valence-electron chi connectivity index (χ2n) is 4.89. The Kier molecular flexibility index (Phi) is 6.08. The van der Waals surface area contributed by atoms with Gasteiger partial charge in [-0.05, 0) is 47.6 Å². The van der Waals surface area contributed by atoms with Crippen molar-refractivity contribution in [1.29, 1.82) is 0 Å². The van der Waals surface area contributed by atoms with E-state index >= 15 is 0 Å². The Morgan fingerprint density at radius 3 is 2.57 bits per heavy atom. The molecule has 120 valence electrons. The third-order valence-corrected chi connectivity index (χ3v) is 3.35. The summed E-state index contributed by atoms with van der Waals surface area (Å²) in [5.41, 5.74) is 2.35. The van der Waals surface area contributed by atoms with Crippen LogP contribution < -0.4 is 15.4 Å². The molecule has 5 nitrogen and oxygen atoms in total. The van der Waals surface area contributed by atoms with E-state index in [1.54, 1.807) is 43.5 Å². The van der Waals surface area contributed by atoms with E-state index in [1.807, 2.05) is 12.1 Å². The Bertz CT molecular complexity index is 686. The summed E-state index contributed by atoms with van der Waals surface area (Å²) < 4.78 is 5.07. The van der Waals surface area contributed by atoms with Crippen LogP contribution in [-0.2, 0) is 17.8 Å². The van der Waals surface area contributed by atoms with Gasteiger partial charge >= 0.3 is 0 Å². The predicted molar refractivity (Wildman–Crippen MR) is 93.4 cm³/mol. The van der Waals surface area contributed by atoms with E-state index in [0.29, 0.717) is 5.69 Å². The van der Waals surface area contributed by atoms with E-state index in [9.17, 15) is 4.79 Å². The average Bonchev–Trinajstić information content (AvgIpc) is 2.55. The molecule has 3 N–H and O–H groups in total. The van der Waals surface area contributed by atoms with Gasteiger partial charge in [-0.1, -0.05) is 24.3 Å². The SMILES string of the molecule is COc1ccc(CC(=O)NC(=S)Nc2cccc(CO)c2)cc1. The molecule has 0 atom stereocenters. The van der Waals surface area contributed by atoms with Crippen molar-refractivity contribution >= 4 is 28.9 Å². The maximum Gasteiger partial charge on any atom is 0.230 e. The van der Waals surface area contributed by atoms with E-state index < -0.39 is 0 Å². The number of benzene rings is 2. The summed E-state index contributed by atoms with van der Waals surface area (Å²) in [5.74, 6) is 0.543. The van der Waals surface area contributed by atoms with Gasteiger partial charge in [0.2, 0.25) is 5.91 Å². The highest BCUT2D eigenvalue weighted by atomic mass is 32.1. The first-order chi connectivity index (χ1) is 11.1. The van der Waals surface area contributed by atoms with Crippen molar-refractivity contribution in [3.05, 3.63) is 59.7 Å². The van der Waals surface area contributed by atoms with Crippen LogP contribution >= 0.6 is 12.2 Å². The molecule has 6 heteroatoms. The van der Waals surface area contributed by atoms with Gasteiger partial charge in [-0.15, -0.1) is 0 Å². The summed E-state index contributed by atoms with van der Waals surface area (Å²) >= 11 is 5.12. The molecule has 23 heavy (non-hydrogen) atoms. The molecule has 0 saturated carbocycles. The van der Waals surface area contributed by atoms with Crippen LogP contribution in [0.1, 0.15) is 11.1 Å². The third-order valence-electron chi connectivity index (χ3n) is 3.14. The van der Waals surface area contributed by atoms with E-state index in [-0.39, 0.29) is 24.0 Å². The van der Waals surface area contributed by atoms with E-state index in [2.05, 4.69) is 10.6 Å². The van der Waals surface area contributed by atoms with Gasteiger partial charge < -0.3 is 20.5 Å². The van der Waals surface area contributed by atoms with Crippen molar-refractivity contribution in [3.8, 4) is 5.75 Å². The van der Waals surface area contributed by atoms with Gasteiger partial charge in [0.25, 0.3) is 0 Å². The minimum absolute atomic E-state index is 0.0495. The summed E-state index contributed by atoms with van der Waals surface area (Å²) in [5, 5.41) is 14.9. The summed E-state index contributed by atoms with van der Waals surface area (Å²) in [6.07, 6.45) is 0.225. The molecule has 0 aliphatic carbocycles. The molecule has 0 aliphatic heterocycles. The fraction of sp³-hybridized carbons (Fsp3) is 0.176. The lowest BCUT2D eigenvalue weighted by atomic mass is 10.1. The van der Waals surface area contributed by atoms with Crippen molar-refractivity contribution in [3.63, 3.8) is 0 Å². The second kappa shape index (κ2) is 8.26. The molecule has 0 bridgehead atoms. The van der Waals surface area contributed by atoms with Crippen LogP contribution in [0.3, 0.4) is 0 Å². The average molecular weight is 330 g/mol. The summed E-state index contributed by atoms with van der Waals surface area (Å²) in [4.78, 5) is 12.0. The number of carbonyl (C=O) groups excluding carboxylic acids is 1. The molecule has 0 radical (unpaired) electrons. The molecule has 0 aromatic heterocycles. The fourth-order valence-electron chi connectivity index (χ4n) is 2.01. The van der Waals surface area contributed by atoms with Gasteiger partial charge in [-0.25, -0.2) is 0 Å². The van der Waals surface area contributed by atoms with Gasteiger partial charge in [-0.3, -0.25) is 4.79 Å². The topological polar surface area (TPSA) is 70.6 Å². The van der Waals surface area contributed by atoms with Crippen molar-refractivity contribution < 1.29 is 14.6 Å². The van der Waals surface area contributed by atoms with Crippen LogP contribution in [0, 0.1) is 0 Å². The summed E-state index contributed by atoms with van der Waals surface area (Å²) in [6.45, 7) is -0.0495. The number of nitrogens with one attached hydrogen (secondary N) is 2. The third kappa shape index (κ3) is 5.36. The van der Waals surface area contributed by atoms with Gasteiger partial charge in [0.15, 0.2) is 5.11 Å². The monoisotopic (exact) mass is 330 g/mol. The number of rotatable bonds is 5. The Labute approximate surface area is 140 Å². The lowest BCUT2D eigenvalue weighted by Crippen LogP contribution is -2.35. The molecule has 0 spiro atoms. The van der Waals surface area contributed by atoms with Crippen molar-refractivity contribution in [2.75, 3.05) is 12.4 Å². The number of anilines is 1. The fourth-order valence-corrected chi connectivity index (χ4v) is 2.24. The van der Waals surface area contributed by atoms with Crippen LogP contribution in [-0.4, -0.2) is 23.2 Å². The maximum atomic E-state index is 12.0. The minimum atomic E-state index is -0.203. The van der Waals surface area contributed by atoms with Gasteiger partial charge in [0.05, 0.1) is 20.1 Å². The first-order valence-electron chi connectivity index (χ1n) is 7.04. The molecular formula is C17H18N2O3S. The number of aliphatic hydroxyl groups excluding tert-OH is 1. The van der Waals surface area contributed by atoms with Crippen molar-refractivity contribution in [2.24, 2.45) is 0 Å². The number of carbonyl (C=O) groups is 1. The predicted octanol–water partition coefficient (Wildman–Crippen LogP) is 2.24. The van der Waals surface area contributed by atoms with Crippen molar-refractivity contribution in [2.45, 2.75) is 13.0 Å². The Morgan fingerprint density at radius 2 is 1.91 bits per heavy atom. The number of amides is 1. The zero-order valence-electron chi connectivity index (χ0n) is 12.7. The molecule has 0 unspecified atom stereocenters. The molecule has 2 aromatic carbocycles. The summed E-state index contributed by atoms with van der Waals surface area (Å²) in [7, 11) is 1.59. The van der Waals surface area contributed by atoms with Crippen LogP contribution in [0.25, 0.3) is 0 Å². The summed E-state index contributed by atoms with van der Waals surface area (Å²) in [6, 6.07) is 14.5. The molecule has 0 heterocycles.